The van der Waals surface area contributed by atoms with Crippen LogP contribution in [0, 0.1) is 0 Å². The molecule has 1 aliphatic heterocycles. The number of hydrogen-bond donors (Lipinski definition) is 1. The maximum absolute atomic E-state index is 9.81. The van der Waals surface area contributed by atoms with Crippen LogP contribution in [-0.4, -0.2) is 67.5 Å². The molecule has 3 aromatic rings. The van der Waals surface area contributed by atoms with Gasteiger partial charge in [-0.15, -0.1) is 0 Å². The lowest BCUT2D eigenvalue weighted by molar-refractivity contribution is -0.0126. The van der Waals surface area contributed by atoms with E-state index in [1.807, 2.05) is 6.07 Å². The average Bonchev–Trinajstić information content (AvgIpc) is 2.87. The van der Waals surface area contributed by atoms with Crippen molar-refractivity contribution in [2.24, 2.45) is 0 Å². The van der Waals surface area contributed by atoms with Gasteiger partial charge in [0.05, 0.1) is 26.9 Å². The zero-order chi connectivity index (χ0) is 24.0. The molecular weight excluding hydrogens is 424 g/mol. The lowest BCUT2D eigenvalue weighted by Gasteiger charge is -2.51. The quantitative estimate of drug-likeness (QED) is 0.513. The van der Waals surface area contributed by atoms with Gasteiger partial charge in [-0.3, -0.25) is 9.80 Å². The summed E-state index contributed by atoms with van der Waals surface area (Å²) in [5.41, 5.74) is 3.65. The van der Waals surface area contributed by atoms with Gasteiger partial charge < -0.3 is 14.6 Å². The third kappa shape index (κ3) is 5.27. The van der Waals surface area contributed by atoms with Gasteiger partial charge in [-0.1, -0.05) is 66.7 Å². The number of aliphatic hydroxyl groups is 1. The summed E-state index contributed by atoms with van der Waals surface area (Å²) in [5.74, 6) is 1.48. The summed E-state index contributed by atoms with van der Waals surface area (Å²) in [6.07, 6.45) is 0.847. The van der Waals surface area contributed by atoms with Crippen LogP contribution in [0.4, 0.5) is 0 Å². The summed E-state index contributed by atoms with van der Waals surface area (Å²) >= 11 is 0. The van der Waals surface area contributed by atoms with Crippen LogP contribution in [0.15, 0.2) is 78.9 Å². The van der Waals surface area contributed by atoms with Crippen LogP contribution < -0.4 is 9.47 Å². The standard InChI is InChI=1S/C29H36N2O3/c1-29(21-23-14-15-26(33-2)27(20-23)34-3)22-30(16-17-31(29)18-19-32)28(24-10-6-4-7-11-24)25-12-8-5-9-13-25/h4-15,20,28,32H,16-19,21-22H2,1-3H3. The first-order chi connectivity index (χ1) is 16.6. The summed E-state index contributed by atoms with van der Waals surface area (Å²) in [6, 6.07) is 27.9. The van der Waals surface area contributed by atoms with Crippen LogP contribution in [0.2, 0.25) is 0 Å². The van der Waals surface area contributed by atoms with Crippen LogP contribution in [0.1, 0.15) is 29.7 Å². The highest BCUT2D eigenvalue weighted by Crippen LogP contribution is 2.36. The van der Waals surface area contributed by atoms with Crippen LogP contribution in [-0.2, 0) is 6.42 Å². The first-order valence-corrected chi connectivity index (χ1v) is 12.0. The molecule has 1 saturated heterocycles. The summed E-state index contributed by atoms with van der Waals surface area (Å²) in [6.45, 7) is 5.87. The smallest absolute Gasteiger partial charge is 0.160 e. The number of aliphatic hydroxyl groups excluding tert-OH is 1. The lowest BCUT2D eigenvalue weighted by Crippen LogP contribution is -2.62. The molecule has 0 spiro atoms. The van der Waals surface area contributed by atoms with Gasteiger partial charge in [0.2, 0.25) is 0 Å². The molecule has 1 fully saturated rings. The van der Waals surface area contributed by atoms with Crippen molar-refractivity contribution in [3.63, 3.8) is 0 Å². The fourth-order valence-electron chi connectivity index (χ4n) is 5.34. The Balaban J connectivity index is 1.67. The van der Waals surface area contributed by atoms with Crippen molar-refractivity contribution in [3.8, 4) is 11.5 Å². The molecule has 0 amide bonds. The number of benzene rings is 3. The van der Waals surface area contributed by atoms with Crippen molar-refractivity contribution >= 4 is 0 Å². The third-order valence-corrected chi connectivity index (χ3v) is 6.96. The van der Waals surface area contributed by atoms with E-state index in [1.54, 1.807) is 14.2 Å². The molecule has 0 radical (unpaired) electrons. The lowest BCUT2D eigenvalue weighted by atomic mass is 9.86. The minimum atomic E-state index is -0.150. The van der Waals surface area contributed by atoms with Gasteiger partial charge in [-0.2, -0.15) is 0 Å². The van der Waals surface area contributed by atoms with Crippen LogP contribution in [0.25, 0.3) is 0 Å². The predicted molar refractivity (Wildman–Crippen MR) is 137 cm³/mol. The molecule has 1 atom stereocenters. The van der Waals surface area contributed by atoms with E-state index in [0.29, 0.717) is 6.54 Å². The predicted octanol–water partition coefficient (Wildman–Crippen LogP) is 4.40. The number of rotatable bonds is 9. The van der Waals surface area contributed by atoms with E-state index in [0.717, 1.165) is 37.6 Å². The van der Waals surface area contributed by atoms with E-state index < -0.39 is 0 Å². The zero-order valence-electron chi connectivity index (χ0n) is 20.5. The summed E-state index contributed by atoms with van der Waals surface area (Å²) in [5, 5.41) is 9.81. The Bertz CT molecular complexity index is 1000. The SMILES string of the molecule is COc1ccc(CC2(C)CN(C(c3ccccc3)c3ccccc3)CCN2CCO)cc1OC. The molecule has 4 rings (SSSR count). The highest BCUT2D eigenvalue weighted by Gasteiger charge is 2.40. The van der Waals surface area contributed by atoms with E-state index in [1.165, 1.54) is 16.7 Å². The monoisotopic (exact) mass is 460 g/mol. The van der Waals surface area contributed by atoms with Gasteiger partial charge in [-0.05, 0) is 42.2 Å². The molecule has 5 nitrogen and oxygen atoms in total. The number of methoxy groups -OCH3 is 2. The number of hydrogen-bond acceptors (Lipinski definition) is 5. The largest absolute Gasteiger partial charge is 0.493 e. The number of nitrogens with zero attached hydrogens (tertiary/aromatic N) is 2. The third-order valence-electron chi connectivity index (χ3n) is 6.96. The number of piperazine rings is 1. The Morgan fingerprint density at radius 2 is 1.47 bits per heavy atom. The Labute approximate surface area is 203 Å². The molecular formula is C29H36N2O3. The van der Waals surface area contributed by atoms with Crippen molar-refractivity contribution in [2.45, 2.75) is 24.9 Å². The van der Waals surface area contributed by atoms with E-state index in [2.05, 4.69) is 89.5 Å². The maximum Gasteiger partial charge on any atom is 0.160 e. The van der Waals surface area contributed by atoms with E-state index >= 15 is 0 Å². The average molecular weight is 461 g/mol. The molecule has 0 saturated carbocycles. The van der Waals surface area contributed by atoms with E-state index in [9.17, 15) is 5.11 Å². The Morgan fingerprint density at radius 3 is 2.03 bits per heavy atom. The van der Waals surface area contributed by atoms with Crippen molar-refractivity contribution in [3.05, 3.63) is 95.6 Å². The highest BCUT2D eigenvalue weighted by atomic mass is 16.5. The van der Waals surface area contributed by atoms with Gasteiger partial charge in [-0.25, -0.2) is 0 Å². The Morgan fingerprint density at radius 1 is 0.853 bits per heavy atom. The number of ether oxygens (including phenoxy) is 2. The summed E-state index contributed by atoms with van der Waals surface area (Å²) in [7, 11) is 3.34. The maximum atomic E-state index is 9.81. The normalized spacial score (nSPS) is 19.3. The molecule has 0 bridgehead atoms. The second-order valence-corrected chi connectivity index (χ2v) is 9.27. The minimum absolute atomic E-state index is 0.150. The second-order valence-electron chi connectivity index (χ2n) is 9.27. The van der Waals surface area contributed by atoms with Crippen molar-refractivity contribution < 1.29 is 14.6 Å². The fraction of sp³-hybridized carbons (Fsp3) is 0.379. The molecule has 34 heavy (non-hydrogen) atoms. The van der Waals surface area contributed by atoms with Gasteiger partial charge in [0, 0.05) is 31.7 Å². The van der Waals surface area contributed by atoms with Crippen molar-refractivity contribution in [1.29, 1.82) is 0 Å². The van der Waals surface area contributed by atoms with Gasteiger partial charge in [0.15, 0.2) is 11.5 Å². The molecule has 5 heteroatoms. The van der Waals surface area contributed by atoms with Crippen molar-refractivity contribution in [2.75, 3.05) is 47.0 Å². The van der Waals surface area contributed by atoms with Crippen molar-refractivity contribution in [1.82, 2.24) is 9.80 Å². The molecule has 0 aromatic heterocycles. The minimum Gasteiger partial charge on any atom is -0.493 e. The highest BCUT2D eigenvalue weighted by molar-refractivity contribution is 5.43. The second kappa shape index (κ2) is 11.0. The molecule has 3 aromatic carbocycles. The number of β-amino-alcohol motifs (C(OH)–C–C–N with tert-alkyl or cyclic N) is 1. The zero-order valence-corrected chi connectivity index (χ0v) is 20.5. The summed E-state index contributed by atoms with van der Waals surface area (Å²) < 4.78 is 11.0. The topological polar surface area (TPSA) is 45.2 Å². The van der Waals surface area contributed by atoms with Crippen LogP contribution >= 0.6 is 0 Å². The van der Waals surface area contributed by atoms with Gasteiger partial charge in [0.25, 0.3) is 0 Å². The molecule has 180 valence electrons. The van der Waals surface area contributed by atoms with Crippen LogP contribution in [0.3, 0.4) is 0 Å². The molecule has 1 unspecified atom stereocenters. The van der Waals surface area contributed by atoms with Crippen LogP contribution in [0.5, 0.6) is 11.5 Å². The Kier molecular flexibility index (Phi) is 7.88. The molecule has 1 N–H and O–H groups in total. The van der Waals surface area contributed by atoms with E-state index in [4.69, 9.17) is 9.47 Å². The fourth-order valence-corrected chi connectivity index (χ4v) is 5.34. The molecule has 0 aliphatic carbocycles. The van der Waals surface area contributed by atoms with E-state index in [-0.39, 0.29) is 18.2 Å². The van der Waals surface area contributed by atoms with Gasteiger partial charge >= 0.3 is 0 Å². The Hall–Kier alpha value is -2.86. The molecule has 1 aliphatic rings. The first kappa shape index (κ1) is 24.3. The van der Waals surface area contributed by atoms with Gasteiger partial charge in [0.1, 0.15) is 0 Å². The summed E-state index contributed by atoms with van der Waals surface area (Å²) in [4.78, 5) is 5.03. The molecule has 1 heterocycles. The first-order valence-electron chi connectivity index (χ1n) is 12.0.